The van der Waals surface area contributed by atoms with Gasteiger partial charge in [-0.15, -0.1) is 0 Å². The van der Waals surface area contributed by atoms with E-state index >= 15 is 0 Å². The summed E-state index contributed by atoms with van der Waals surface area (Å²) in [4.78, 5) is 0. The lowest BCUT2D eigenvalue weighted by Crippen LogP contribution is -2.13. The van der Waals surface area contributed by atoms with E-state index in [1.54, 1.807) is 0 Å². The van der Waals surface area contributed by atoms with E-state index in [0.29, 0.717) is 24.5 Å². The van der Waals surface area contributed by atoms with Crippen LogP contribution in [0, 0.1) is 17.3 Å². The normalized spacial score (nSPS) is 13.2. The van der Waals surface area contributed by atoms with Gasteiger partial charge in [0.15, 0.2) is 0 Å². The first-order chi connectivity index (χ1) is 8.22. The molecule has 0 fully saturated rings. The molecular formula is C16H36O2. The van der Waals surface area contributed by atoms with E-state index < -0.39 is 0 Å². The number of rotatable bonds is 7. The summed E-state index contributed by atoms with van der Waals surface area (Å²) in [5, 5.41) is 17.1. The second-order valence-corrected chi connectivity index (χ2v) is 7.02. The Hall–Kier alpha value is -0.0800. The van der Waals surface area contributed by atoms with Crippen LogP contribution in [-0.2, 0) is 0 Å². The van der Waals surface area contributed by atoms with E-state index in [-0.39, 0.29) is 0 Å². The second-order valence-electron chi connectivity index (χ2n) is 7.02. The van der Waals surface area contributed by atoms with Crippen molar-refractivity contribution in [3.8, 4) is 0 Å². The third-order valence-corrected chi connectivity index (χ3v) is 2.71. The summed E-state index contributed by atoms with van der Waals surface area (Å²) in [5.74, 6) is 1.27. The number of unbranched alkanes of at least 4 members (excludes halogenated alkanes) is 2. The Morgan fingerprint density at radius 2 is 1.44 bits per heavy atom. The van der Waals surface area contributed by atoms with Gasteiger partial charge in [0.05, 0.1) is 0 Å². The molecule has 1 atom stereocenters. The molecule has 0 spiro atoms. The van der Waals surface area contributed by atoms with E-state index in [1.165, 1.54) is 19.3 Å². The van der Waals surface area contributed by atoms with Crippen LogP contribution in [0.5, 0.6) is 0 Å². The van der Waals surface area contributed by atoms with Crippen LogP contribution in [0.4, 0.5) is 0 Å². The lowest BCUT2D eigenvalue weighted by molar-refractivity contribution is 0.191. The predicted octanol–water partition coefficient (Wildman–Crippen LogP) is 4.25. The summed E-state index contributed by atoms with van der Waals surface area (Å²) in [6.45, 7) is 13.8. The van der Waals surface area contributed by atoms with Crippen molar-refractivity contribution in [2.75, 3.05) is 13.2 Å². The Labute approximate surface area is 115 Å². The number of aliphatic hydroxyl groups is 2. The molecule has 2 nitrogen and oxygen atoms in total. The summed E-state index contributed by atoms with van der Waals surface area (Å²) in [5.41, 5.74) is 0.363. The van der Waals surface area contributed by atoms with Crippen LogP contribution in [0.1, 0.15) is 73.6 Å². The van der Waals surface area contributed by atoms with Crippen LogP contribution in [0.3, 0.4) is 0 Å². The van der Waals surface area contributed by atoms with Crippen molar-refractivity contribution in [3.05, 3.63) is 0 Å². The molecule has 0 aromatic rings. The molecular weight excluding hydrogens is 224 g/mol. The summed E-state index contributed by atoms with van der Waals surface area (Å²) < 4.78 is 0. The summed E-state index contributed by atoms with van der Waals surface area (Å²) in [6.07, 6.45) is 5.85. The highest BCUT2D eigenvalue weighted by atomic mass is 16.3. The minimum Gasteiger partial charge on any atom is -0.396 e. The maximum Gasteiger partial charge on any atom is 0.0456 e. The Morgan fingerprint density at radius 1 is 0.889 bits per heavy atom. The monoisotopic (exact) mass is 260 g/mol. The maximum absolute atomic E-state index is 8.70. The molecule has 0 aromatic heterocycles. The van der Waals surface area contributed by atoms with Gasteiger partial charge in [-0.05, 0) is 30.1 Å². The molecule has 0 amide bonds. The molecule has 0 rings (SSSR count). The Bertz CT molecular complexity index is 159. The Morgan fingerprint density at radius 3 is 1.72 bits per heavy atom. The van der Waals surface area contributed by atoms with Gasteiger partial charge in [0.1, 0.15) is 0 Å². The van der Waals surface area contributed by atoms with Gasteiger partial charge in [-0.1, -0.05) is 60.8 Å². The number of hydrogen-bond acceptors (Lipinski definition) is 2. The van der Waals surface area contributed by atoms with Crippen LogP contribution >= 0.6 is 0 Å². The fourth-order valence-corrected chi connectivity index (χ4v) is 1.95. The minimum atomic E-state index is 0.317. The van der Waals surface area contributed by atoms with E-state index in [9.17, 15) is 0 Å². The van der Waals surface area contributed by atoms with E-state index in [0.717, 1.165) is 18.8 Å². The third-order valence-electron chi connectivity index (χ3n) is 2.71. The standard InChI is InChI=1S/2C8H18O/c1-7(6-9)5-8(2,3)4;1-8(2)6-4-3-5-7-9/h7,9H,5-6H2,1-4H3;8-9H,3-7H2,1-2H3. The highest BCUT2D eigenvalue weighted by molar-refractivity contribution is 4.64. The van der Waals surface area contributed by atoms with E-state index in [1.807, 2.05) is 0 Å². The molecule has 0 aromatic carbocycles. The van der Waals surface area contributed by atoms with Crippen LogP contribution in [0.2, 0.25) is 0 Å². The topological polar surface area (TPSA) is 40.5 Å². The highest BCUT2D eigenvalue weighted by Gasteiger charge is 2.13. The van der Waals surface area contributed by atoms with Crippen molar-refractivity contribution in [1.82, 2.24) is 0 Å². The van der Waals surface area contributed by atoms with Crippen LogP contribution in [0.25, 0.3) is 0 Å². The second kappa shape index (κ2) is 12.0. The molecule has 0 saturated heterocycles. The zero-order chi connectivity index (χ0) is 14.6. The van der Waals surface area contributed by atoms with E-state index in [4.69, 9.17) is 10.2 Å². The molecule has 0 radical (unpaired) electrons. The molecule has 0 aliphatic carbocycles. The zero-order valence-corrected chi connectivity index (χ0v) is 13.5. The Balaban J connectivity index is 0. The van der Waals surface area contributed by atoms with Crippen molar-refractivity contribution < 1.29 is 10.2 Å². The molecule has 0 heterocycles. The van der Waals surface area contributed by atoms with Crippen molar-refractivity contribution in [2.45, 2.75) is 73.6 Å². The van der Waals surface area contributed by atoms with Crippen LogP contribution in [-0.4, -0.2) is 23.4 Å². The van der Waals surface area contributed by atoms with Gasteiger partial charge in [0.25, 0.3) is 0 Å². The third kappa shape index (κ3) is 21.2. The molecule has 1 unspecified atom stereocenters. The van der Waals surface area contributed by atoms with Crippen LogP contribution < -0.4 is 0 Å². The Kier molecular flexibility index (Phi) is 13.5. The predicted molar refractivity (Wildman–Crippen MR) is 80.7 cm³/mol. The smallest absolute Gasteiger partial charge is 0.0456 e. The van der Waals surface area contributed by atoms with Gasteiger partial charge in [-0.2, -0.15) is 0 Å². The van der Waals surface area contributed by atoms with Crippen molar-refractivity contribution in [2.24, 2.45) is 17.3 Å². The SMILES string of the molecule is CC(C)CCCCCO.CC(CO)CC(C)(C)C. The van der Waals surface area contributed by atoms with Crippen molar-refractivity contribution in [3.63, 3.8) is 0 Å². The molecule has 0 saturated carbocycles. The summed E-state index contributed by atoms with van der Waals surface area (Å²) >= 11 is 0. The highest BCUT2D eigenvalue weighted by Crippen LogP contribution is 2.23. The molecule has 18 heavy (non-hydrogen) atoms. The molecule has 0 aliphatic heterocycles. The summed E-state index contributed by atoms with van der Waals surface area (Å²) in [7, 11) is 0. The molecule has 112 valence electrons. The first-order valence-corrected chi connectivity index (χ1v) is 7.44. The molecule has 0 aliphatic rings. The average Bonchev–Trinajstić information content (AvgIpc) is 2.22. The van der Waals surface area contributed by atoms with Gasteiger partial charge in [0, 0.05) is 13.2 Å². The fourth-order valence-electron chi connectivity index (χ4n) is 1.95. The van der Waals surface area contributed by atoms with E-state index in [2.05, 4.69) is 41.5 Å². The summed E-state index contributed by atoms with van der Waals surface area (Å²) in [6, 6.07) is 0. The van der Waals surface area contributed by atoms with Gasteiger partial charge in [0.2, 0.25) is 0 Å². The van der Waals surface area contributed by atoms with Crippen molar-refractivity contribution >= 4 is 0 Å². The fraction of sp³-hybridized carbons (Fsp3) is 1.00. The number of aliphatic hydroxyl groups excluding tert-OH is 2. The molecule has 2 N–H and O–H groups in total. The van der Waals surface area contributed by atoms with Gasteiger partial charge in [-0.3, -0.25) is 0 Å². The molecule has 0 bridgehead atoms. The number of hydrogen-bond donors (Lipinski definition) is 2. The first-order valence-electron chi connectivity index (χ1n) is 7.44. The van der Waals surface area contributed by atoms with Gasteiger partial charge >= 0.3 is 0 Å². The average molecular weight is 260 g/mol. The zero-order valence-electron chi connectivity index (χ0n) is 13.5. The van der Waals surface area contributed by atoms with Crippen molar-refractivity contribution in [1.29, 1.82) is 0 Å². The van der Waals surface area contributed by atoms with Gasteiger partial charge < -0.3 is 10.2 Å². The lowest BCUT2D eigenvalue weighted by Gasteiger charge is -2.21. The minimum absolute atomic E-state index is 0.317. The van der Waals surface area contributed by atoms with Crippen LogP contribution in [0.15, 0.2) is 0 Å². The molecule has 2 heteroatoms. The van der Waals surface area contributed by atoms with Gasteiger partial charge in [-0.25, -0.2) is 0 Å². The first kappa shape index (κ1) is 20.2. The maximum atomic E-state index is 8.70. The largest absolute Gasteiger partial charge is 0.396 e. The quantitative estimate of drug-likeness (QED) is 0.672. The lowest BCUT2D eigenvalue weighted by atomic mass is 9.86.